The van der Waals surface area contributed by atoms with Gasteiger partial charge in [0, 0.05) is 12.7 Å². The second kappa shape index (κ2) is 7.79. The Hall–Kier alpha value is -4.00. The number of aromatic nitrogens is 4. The molecule has 0 radical (unpaired) electrons. The summed E-state index contributed by atoms with van der Waals surface area (Å²) in [7, 11) is 0. The van der Waals surface area contributed by atoms with Gasteiger partial charge in [0.25, 0.3) is 5.91 Å². The number of para-hydroxylation sites is 1. The third-order valence-corrected chi connectivity index (χ3v) is 4.90. The van der Waals surface area contributed by atoms with Crippen molar-refractivity contribution in [1.82, 2.24) is 25.1 Å². The van der Waals surface area contributed by atoms with Crippen molar-refractivity contribution in [3.05, 3.63) is 84.2 Å². The standard InChI is InChI=1S/C23H19N5O2/c29-23-20-14-19(27-28(20)13-12-25-23)18-10-11-24-22(26-18)17-8-4-5-9-21(17)30-15-16-6-2-1-3-7-16/h1-11,14H,12-13,15H2,(H,25,29). The molecule has 5 rings (SSSR count). The Morgan fingerprint density at radius 3 is 2.70 bits per heavy atom. The smallest absolute Gasteiger partial charge is 0.269 e. The lowest BCUT2D eigenvalue weighted by Gasteiger charge is -2.13. The zero-order chi connectivity index (χ0) is 20.3. The lowest BCUT2D eigenvalue weighted by atomic mass is 10.1. The van der Waals surface area contributed by atoms with E-state index in [-0.39, 0.29) is 5.91 Å². The Labute approximate surface area is 173 Å². The summed E-state index contributed by atoms with van der Waals surface area (Å²) in [5.74, 6) is 1.14. The van der Waals surface area contributed by atoms with Gasteiger partial charge in [-0.3, -0.25) is 9.48 Å². The molecule has 0 aliphatic carbocycles. The Bertz CT molecular complexity index is 1200. The predicted molar refractivity (Wildman–Crippen MR) is 112 cm³/mol. The van der Waals surface area contributed by atoms with Gasteiger partial charge in [0.15, 0.2) is 5.82 Å². The molecule has 1 aliphatic heterocycles. The molecule has 2 aromatic heterocycles. The van der Waals surface area contributed by atoms with Crippen LogP contribution in [0.5, 0.6) is 5.75 Å². The summed E-state index contributed by atoms with van der Waals surface area (Å²) < 4.78 is 7.77. The first-order chi connectivity index (χ1) is 14.8. The van der Waals surface area contributed by atoms with Gasteiger partial charge in [-0.1, -0.05) is 42.5 Å². The molecule has 3 heterocycles. The molecule has 4 aromatic rings. The first-order valence-corrected chi connectivity index (χ1v) is 9.73. The topological polar surface area (TPSA) is 81.9 Å². The zero-order valence-corrected chi connectivity index (χ0v) is 16.2. The van der Waals surface area contributed by atoms with Gasteiger partial charge in [-0.2, -0.15) is 5.10 Å². The first-order valence-electron chi connectivity index (χ1n) is 9.73. The van der Waals surface area contributed by atoms with Crippen LogP contribution in [0.25, 0.3) is 22.8 Å². The number of fused-ring (bicyclic) bond motifs is 1. The fraction of sp³-hybridized carbons (Fsp3) is 0.130. The highest BCUT2D eigenvalue weighted by Gasteiger charge is 2.20. The third-order valence-electron chi connectivity index (χ3n) is 4.90. The van der Waals surface area contributed by atoms with Gasteiger partial charge in [-0.25, -0.2) is 9.97 Å². The van der Waals surface area contributed by atoms with Gasteiger partial charge in [0.05, 0.1) is 17.8 Å². The summed E-state index contributed by atoms with van der Waals surface area (Å²) in [5.41, 5.74) is 3.74. The molecule has 7 heteroatoms. The van der Waals surface area contributed by atoms with E-state index in [4.69, 9.17) is 9.72 Å². The quantitative estimate of drug-likeness (QED) is 0.559. The van der Waals surface area contributed by atoms with Crippen molar-refractivity contribution in [2.45, 2.75) is 13.2 Å². The van der Waals surface area contributed by atoms with Crippen molar-refractivity contribution in [3.63, 3.8) is 0 Å². The van der Waals surface area contributed by atoms with Crippen LogP contribution in [0.4, 0.5) is 0 Å². The number of carbonyl (C=O) groups is 1. The largest absolute Gasteiger partial charge is 0.488 e. The van der Waals surface area contributed by atoms with Crippen LogP contribution < -0.4 is 10.1 Å². The molecule has 0 atom stereocenters. The van der Waals surface area contributed by atoms with Crippen LogP contribution in [0.2, 0.25) is 0 Å². The summed E-state index contributed by atoms with van der Waals surface area (Å²) in [6, 6.07) is 21.3. The number of hydrogen-bond donors (Lipinski definition) is 1. The lowest BCUT2D eigenvalue weighted by molar-refractivity contribution is 0.0924. The summed E-state index contributed by atoms with van der Waals surface area (Å²) in [4.78, 5) is 21.2. The van der Waals surface area contributed by atoms with E-state index in [9.17, 15) is 4.79 Å². The molecule has 2 aromatic carbocycles. The van der Waals surface area contributed by atoms with E-state index in [1.807, 2.05) is 54.6 Å². The summed E-state index contributed by atoms with van der Waals surface area (Å²) >= 11 is 0. The number of amides is 1. The van der Waals surface area contributed by atoms with Crippen molar-refractivity contribution < 1.29 is 9.53 Å². The van der Waals surface area contributed by atoms with Crippen LogP contribution in [0.15, 0.2) is 72.9 Å². The van der Waals surface area contributed by atoms with Gasteiger partial charge in [0.1, 0.15) is 23.7 Å². The van der Waals surface area contributed by atoms with Crippen LogP contribution >= 0.6 is 0 Å². The minimum Gasteiger partial charge on any atom is -0.488 e. The zero-order valence-electron chi connectivity index (χ0n) is 16.2. The van der Waals surface area contributed by atoms with Crippen molar-refractivity contribution in [3.8, 4) is 28.5 Å². The Morgan fingerprint density at radius 1 is 1.00 bits per heavy atom. The molecule has 30 heavy (non-hydrogen) atoms. The molecule has 0 fully saturated rings. The summed E-state index contributed by atoms with van der Waals surface area (Å²) in [6.45, 7) is 1.68. The van der Waals surface area contributed by atoms with E-state index in [1.165, 1.54) is 0 Å². The number of benzene rings is 2. The fourth-order valence-electron chi connectivity index (χ4n) is 3.40. The van der Waals surface area contributed by atoms with Crippen LogP contribution in [-0.4, -0.2) is 32.2 Å². The molecule has 0 saturated heterocycles. The Balaban J connectivity index is 1.45. The van der Waals surface area contributed by atoms with Crippen LogP contribution in [0, 0.1) is 0 Å². The number of carbonyl (C=O) groups excluding carboxylic acids is 1. The highest BCUT2D eigenvalue weighted by Crippen LogP contribution is 2.29. The van der Waals surface area contributed by atoms with E-state index >= 15 is 0 Å². The average molecular weight is 397 g/mol. The molecule has 0 spiro atoms. The maximum Gasteiger partial charge on any atom is 0.269 e. The van der Waals surface area contributed by atoms with Crippen molar-refractivity contribution in [2.75, 3.05) is 6.54 Å². The van der Waals surface area contributed by atoms with Crippen LogP contribution in [0.3, 0.4) is 0 Å². The molecular weight excluding hydrogens is 378 g/mol. The molecule has 148 valence electrons. The van der Waals surface area contributed by atoms with Crippen LogP contribution in [-0.2, 0) is 13.2 Å². The summed E-state index contributed by atoms with van der Waals surface area (Å²) in [5, 5.41) is 7.37. The highest BCUT2D eigenvalue weighted by atomic mass is 16.5. The van der Waals surface area contributed by atoms with E-state index in [0.29, 0.717) is 48.4 Å². The van der Waals surface area contributed by atoms with E-state index in [1.54, 1.807) is 23.0 Å². The molecule has 1 aliphatic rings. The molecule has 0 unspecified atom stereocenters. The normalized spacial score (nSPS) is 12.9. The molecular formula is C23H19N5O2. The van der Waals surface area contributed by atoms with Gasteiger partial charge in [0.2, 0.25) is 0 Å². The third kappa shape index (κ3) is 3.53. The molecule has 0 bridgehead atoms. The number of nitrogens with zero attached hydrogens (tertiary/aromatic N) is 4. The average Bonchev–Trinajstić information content (AvgIpc) is 3.25. The second-order valence-electron chi connectivity index (χ2n) is 6.93. The van der Waals surface area contributed by atoms with E-state index in [0.717, 1.165) is 11.1 Å². The molecule has 7 nitrogen and oxygen atoms in total. The maximum absolute atomic E-state index is 12.0. The van der Waals surface area contributed by atoms with Crippen molar-refractivity contribution in [1.29, 1.82) is 0 Å². The Morgan fingerprint density at radius 2 is 1.83 bits per heavy atom. The molecule has 1 amide bonds. The Kier molecular flexibility index (Phi) is 4.69. The first kappa shape index (κ1) is 18.1. The number of ether oxygens (including phenoxy) is 1. The minimum atomic E-state index is -0.117. The number of nitrogens with one attached hydrogen (secondary N) is 1. The maximum atomic E-state index is 12.0. The SMILES string of the molecule is O=C1NCCn2nc(-c3ccnc(-c4ccccc4OCc4ccccc4)n3)cc21. The molecule has 1 N–H and O–H groups in total. The van der Waals surface area contributed by atoms with Crippen molar-refractivity contribution in [2.24, 2.45) is 0 Å². The van der Waals surface area contributed by atoms with E-state index in [2.05, 4.69) is 15.4 Å². The monoisotopic (exact) mass is 397 g/mol. The van der Waals surface area contributed by atoms with Gasteiger partial charge in [-0.15, -0.1) is 0 Å². The van der Waals surface area contributed by atoms with Crippen molar-refractivity contribution >= 4 is 5.91 Å². The van der Waals surface area contributed by atoms with Crippen LogP contribution in [0.1, 0.15) is 16.1 Å². The molecule has 0 saturated carbocycles. The van der Waals surface area contributed by atoms with Gasteiger partial charge >= 0.3 is 0 Å². The fourth-order valence-corrected chi connectivity index (χ4v) is 3.40. The van der Waals surface area contributed by atoms with Gasteiger partial charge < -0.3 is 10.1 Å². The predicted octanol–water partition coefficient (Wildman–Crippen LogP) is 3.33. The number of hydrogen-bond acceptors (Lipinski definition) is 5. The summed E-state index contributed by atoms with van der Waals surface area (Å²) in [6.07, 6.45) is 1.70. The van der Waals surface area contributed by atoms with Gasteiger partial charge in [-0.05, 0) is 29.8 Å². The second-order valence-corrected chi connectivity index (χ2v) is 6.93. The lowest BCUT2D eigenvalue weighted by Crippen LogP contribution is -2.35. The van der Waals surface area contributed by atoms with E-state index < -0.39 is 0 Å². The minimum absolute atomic E-state index is 0.117. The highest BCUT2D eigenvalue weighted by molar-refractivity contribution is 5.94. The number of rotatable bonds is 5.